The van der Waals surface area contributed by atoms with E-state index in [4.69, 9.17) is 10.00 Å². The van der Waals surface area contributed by atoms with Crippen molar-refractivity contribution < 1.29 is 13.2 Å². The third-order valence-corrected chi connectivity index (χ3v) is 4.45. The zero-order valence-electron chi connectivity index (χ0n) is 9.55. The molecule has 92 valence electrons. The Bertz CT molecular complexity index is 348. The number of nitriles is 1. The van der Waals surface area contributed by atoms with E-state index in [0.717, 1.165) is 12.8 Å². The molecule has 0 aromatic heterocycles. The van der Waals surface area contributed by atoms with E-state index in [0.29, 0.717) is 19.7 Å². The predicted molar refractivity (Wildman–Crippen MR) is 60.2 cm³/mol. The zero-order chi connectivity index (χ0) is 12.0. The molecule has 0 aromatic rings. The maximum atomic E-state index is 11.9. The standard InChI is InChI=1S/C10H18N2O3S/c1-2-15-6-7-16(13,14)12-5-3-4-10(8-11)9-12/h10H,2-7,9H2,1H3. The van der Waals surface area contributed by atoms with E-state index in [9.17, 15) is 8.42 Å². The summed E-state index contributed by atoms with van der Waals surface area (Å²) < 4.78 is 30.2. The number of piperidine rings is 1. The highest BCUT2D eigenvalue weighted by molar-refractivity contribution is 7.89. The minimum absolute atomic E-state index is 0.0129. The summed E-state index contributed by atoms with van der Waals surface area (Å²) in [5.74, 6) is -0.144. The monoisotopic (exact) mass is 246 g/mol. The molecule has 1 unspecified atom stereocenters. The first-order valence-corrected chi connectivity index (χ1v) is 7.16. The summed E-state index contributed by atoms with van der Waals surface area (Å²) in [5, 5.41) is 8.79. The van der Waals surface area contributed by atoms with Gasteiger partial charge in [0.2, 0.25) is 10.0 Å². The minimum Gasteiger partial charge on any atom is -0.381 e. The second kappa shape index (κ2) is 6.18. The van der Waals surface area contributed by atoms with Gasteiger partial charge in [-0.05, 0) is 19.8 Å². The van der Waals surface area contributed by atoms with Gasteiger partial charge in [-0.2, -0.15) is 5.26 Å². The number of hydrogen-bond acceptors (Lipinski definition) is 4. The van der Waals surface area contributed by atoms with E-state index in [1.54, 1.807) is 0 Å². The highest BCUT2D eigenvalue weighted by Gasteiger charge is 2.28. The maximum Gasteiger partial charge on any atom is 0.216 e. The lowest BCUT2D eigenvalue weighted by Gasteiger charge is -2.28. The number of ether oxygens (including phenoxy) is 1. The highest BCUT2D eigenvalue weighted by Crippen LogP contribution is 2.18. The summed E-state index contributed by atoms with van der Waals surface area (Å²) in [7, 11) is -3.24. The van der Waals surface area contributed by atoms with Crippen LogP contribution in [-0.2, 0) is 14.8 Å². The van der Waals surface area contributed by atoms with Crippen molar-refractivity contribution in [3.05, 3.63) is 0 Å². The number of rotatable bonds is 5. The van der Waals surface area contributed by atoms with Crippen LogP contribution in [0.25, 0.3) is 0 Å². The zero-order valence-corrected chi connectivity index (χ0v) is 10.4. The van der Waals surface area contributed by atoms with Crippen LogP contribution in [-0.4, -0.2) is 44.8 Å². The van der Waals surface area contributed by atoms with E-state index < -0.39 is 10.0 Å². The predicted octanol–water partition coefficient (Wildman–Crippen LogP) is 0.588. The second-order valence-electron chi connectivity index (χ2n) is 3.84. The minimum atomic E-state index is -3.24. The van der Waals surface area contributed by atoms with E-state index in [1.807, 2.05) is 6.92 Å². The van der Waals surface area contributed by atoms with Crippen LogP contribution in [0.2, 0.25) is 0 Å². The van der Waals surface area contributed by atoms with Crippen LogP contribution in [0.1, 0.15) is 19.8 Å². The van der Waals surface area contributed by atoms with E-state index in [-0.39, 0.29) is 18.3 Å². The molecular formula is C10H18N2O3S. The smallest absolute Gasteiger partial charge is 0.216 e. The third kappa shape index (κ3) is 3.74. The van der Waals surface area contributed by atoms with Crippen LogP contribution in [0.3, 0.4) is 0 Å². The largest absolute Gasteiger partial charge is 0.381 e. The Balaban J connectivity index is 2.51. The fourth-order valence-corrected chi connectivity index (χ4v) is 3.14. The molecule has 1 fully saturated rings. The molecule has 1 rings (SSSR count). The third-order valence-electron chi connectivity index (χ3n) is 2.65. The molecule has 0 spiro atoms. The molecule has 0 N–H and O–H groups in total. The maximum absolute atomic E-state index is 11.9. The summed E-state index contributed by atoms with van der Waals surface area (Å²) in [4.78, 5) is 0. The summed E-state index contributed by atoms with van der Waals surface area (Å²) in [6.45, 7) is 3.46. The van der Waals surface area contributed by atoms with Crippen LogP contribution >= 0.6 is 0 Å². The van der Waals surface area contributed by atoms with Crippen molar-refractivity contribution in [2.75, 3.05) is 32.1 Å². The van der Waals surface area contributed by atoms with Gasteiger partial charge in [0.15, 0.2) is 0 Å². The van der Waals surface area contributed by atoms with Gasteiger partial charge in [0.05, 0.1) is 24.3 Å². The summed E-state index contributed by atoms with van der Waals surface area (Å²) >= 11 is 0. The second-order valence-corrected chi connectivity index (χ2v) is 5.93. The first-order chi connectivity index (χ1) is 7.60. The highest BCUT2D eigenvalue weighted by atomic mass is 32.2. The van der Waals surface area contributed by atoms with Crippen LogP contribution in [0.5, 0.6) is 0 Å². The lowest BCUT2D eigenvalue weighted by molar-refractivity contribution is 0.162. The van der Waals surface area contributed by atoms with Gasteiger partial charge in [-0.3, -0.25) is 0 Å². The Labute approximate surface area is 97.0 Å². The normalized spacial score (nSPS) is 22.9. The molecule has 0 aromatic carbocycles. The molecule has 1 atom stereocenters. The number of hydrogen-bond donors (Lipinski definition) is 0. The molecule has 6 heteroatoms. The molecule has 0 aliphatic carbocycles. The Morgan fingerprint density at radius 1 is 1.56 bits per heavy atom. The number of nitrogens with zero attached hydrogens (tertiary/aromatic N) is 2. The van der Waals surface area contributed by atoms with Gasteiger partial charge in [-0.15, -0.1) is 0 Å². The summed E-state index contributed by atoms with van der Waals surface area (Å²) in [6.07, 6.45) is 1.57. The van der Waals surface area contributed by atoms with Crippen molar-refractivity contribution in [3.63, 3.8) is 0 Å². The molecule has 16 heavy (non-hydrogen) atoms. The average molecular weight is 246 g/mol. The van der Waals surface area contributed by atoms with Crippen molar-refractivity contribution in [2.24, 2.45) is 5.92 Å². The van der Waals surface area contributed by atoms with Crippen molar-refractivity contribution in [1.29, 1.82) is 5.26 Å². The van der Waals surface area contributed by atoms with Gasteiger partial charge in [-0.1, -0.05) is 0 Å². The molecular weight excluding hydrogens is 228 g/mol. The average Bonchev–Trinajstić information content (AvgIpc) is 2.29. The Kier molecular flexibility index (Phi) is 5.19. The fourth-order valence-electron chi connectivity index (χ4n) is 1.74. The van der Waals surface area contributed by atoms with E-state index in [2.05, 4.69) is 6.07 Å². The van der Waals surface area contributed by atoms with Crippen LogP contribution in [0.4, 0.5) is 0 Å². The van der Waals surface area contributed by atoms with Crippen molar-refractivity contribution in [1.82, 2.24) is 4.31 Å². The fraction of sp³-hybridized carbons (Fsp3) is 0.900. The summed E-state index contributed by atoms with van der Waals surface area (Å²) in [6, 6.07) is 2.14. The van der Waals surface area contributed by atoms with E-state index >= 15 is 0 Å². The van der Waals surface area contributed by atoms with Gasteiger partial charge < -0.3 is 4.74 Å². The van der Waals surface area contributed by atoms with Gasteiger partial charge in [0.25, 0.3) is 0 Å². The molecule has 5 nitrogen and oxygen atoms in total. The lowest BCUT2D eigenvalue weighted by Crippen LogP contribution is -2.41. The Hall–Kier alpha value is -0.640. The van der Waals surface area contributed by atoms with Gasteiger partial charge in [0.1, 0.15) is 0 Å². The Morgan fingerprint density at radius 2 is 2.31 bits per heavy atom. The lowest BCUT2D eigenvalue weighted by atomic mass is 10.0. The van der Waals surface area contributed by atoms with Crippen molar-refractivity contribution in [3.8, 4) is 6.07 Å². The molecule has 0 saturated carbocycles. The van der Waals surface area contributed by atoms with Crippen LogP contribution < -0.4 is 0 Å². The number of sulfonamides is 1. The molecule has 1 aliphatic heterocycles. The topological polar surface area (TPSA) is 70.4 Å². The first-order valence-electron chi connectivity index (χ1n) is 5.55. The SMILES string of the molecule is CCOCCS(=O)(=O)N1CCCC(C#N)C1. The van der Waals surface area contributed by atoms with Gasteiger partial charge >= 0.3 is 0 Å². The summed E-state index contributed by atoms with van der Waals surface area (Å²) in [5.41, 5.74) is 0. The first kappa shape index (κ1) is 13.4. The Morgan fingerprint density at radius 3 is 2.94 bits per heavy atom. The molecule has 1 aliphatic rings. The molecule has 0 bridgehead atoms. The quantitative estimate of drug-likeness (QED) is 0.666. The van der Waals surface area contributed by atoms with Crippen molar-refractivity contribution in [2.45, 2.75) is 19.8 Å². The molecule has 0 radical (unpaired) electrons. The van der Waals surface area contributed by atoms with Crippen LogP contribution in [0, 0.1) is 17.2 Å². The van der Waals surface area contributed by atoms with Crippen LogP contribution in [0.15, 0.2) is 0 Å². The molecule has 1 saturated heterocycles. The van der Waals surface area contributed by atoms with Crippen molar-refractivity contribution >= 4 is 10.0 Å². The molecule has 1 heterocycles. The molecule has 0 amide bonds. The van der Waals surface area contributed by atoms with E-state index in [1.165, 1.54) is 4.31 Å². The van der Waals surface area contributed by atoms with Gasteiger partial charge in [0, 0.05) is 19.7 Å². The van der Waals surface area contributed by atoms with Gasteiger partial charge in [-0.25, -0.2) is 12.7 Å².